The molecule has 138 valence electrons. The van der Waals surface area contributed by atoms with Gasteiger partial charge >= 0.3 is 0 Å². The van der Waals surface area contributed by atoms with E-state index in [0.29, 0.717) is 13.1 Å². The highest BCUT2D eigenvalue weighted by Gasteiger charge is 2.35. The Morgan fingerprint density at radius 3 is 1.96 bits per heavy atom. The summed E-state index contributed by atoms with van der Waals surface area (Å²) in [6, 6.07) is 12.1. The molecule has 0 amide bonds. The number of nitrogens with one attached hydrogen (secondary N) is 1. The lowest BCUT2D eigenvalue weighted by atomic mass is 9.91. The van der Waals surface area contributed by atoms with E-state index in [1.54, 1.807) is 24.3 Å². The van der Waals surface area contributed by atoms with Crippen LogP contribution < -0.4 is 5.32 Å². The van der Waals surface area contributed by atoms with Crippen LogP contribution in [0.15, 0.2) is 48.5 Å². The molecular weight excluding hydrogens is 334 g/mol. The number of piperazine rings is 1. The first-order valence-electron chi connectivity index (χ1n) is 8.98. The standard InChI is InChI=1S/C21H24F2N2O/c1-14(2)21(26)19-13-24-11-12-25(19)20(15-3-7-17(22)8-4-15)16-5-9-18(23)10-6-16/h3-10,14,19-20,24H,11-13H2,1-2H3. The lowest BCUT2D eigenvalue weighted by Crippen LogP contribution is -2.56. The second kappa shape index (κ2) is 8.06. The number of hydrogen-bond donors (Lipinski definition) is 1. The van der Waals surface area contributed by atoms with Crippen LogP contribution in [0, 0.1) is 17.6 Å². The van der Waals surface area contributed by atoms with Gasteiger partial charge in [-0.1, -0.05) is 38.1 Å². The van der Waals surface area contributed by atoms with Gasteiger partial charge in [0.2, 0.25) is 0 Å². The van der Waals surface area contributed by atoms with Crippen LogP contribution in [-0.2, 0) is 4.79 Å². The summed E-state index contributed by atoms with van der Waals surface area (Å²) >= 11 is 0. The molecule has 3 rings (SSSR count). The molecule has 26 heavy (non-hydrogen) atoms. The van der Waals surface area contributed by atoms with Crippen molar-refractivity contribution in [3.63, 3.8) is 0 Å². The molecule has 1 heterocycles. The van der Waals surface area contributed by atoms with E-state index in [1.165, 1.54) is 24.3 Å². The largest absolute Gasteiger partial charge is 0.313 e. The molecule has 0 spiro atoms. The van der Waals surface area contributed by atoms with Gasteiger partial charge in [-0.25, -0.2) is 8.78 Å². The van der Waals surface area contributed by atoms with Crippen LogP contribution in [0.4, 0.5) is 8.78 Å². The minimum absolute atomic E-state index is 0.0792. The summed E-state index contributed by atoms with van der Waals surface area (Å²) in [4.78, 5) is 14.9. The highest BCUT2D eigenvalue weighted by Crippen LogP contribution is 2.32. The molecule has 1 atom stereocenters. The van der Waals surface area contributed by atoms with Crippen LogP contribution >= 0.6 is 0 Å². The molecule has 0 saturated carbocycles. The molecule has 1 aliphatic rings. The fourth-order valence-electron chi connectivity index (χ4n) is 3.54. The number of carbonyl (C=O) groups is 1. The maximum atomic E-state index is 13.4. The Labute approximate surface area is 153 Å². The van der Waals surface area contributed by atoms with Crippen LogP contribution in [-0.4, -0.2) is 36.4 Å². The Hall–Kier alpha value is -2.11. The average molecular weight is 358 g/mol. The van der Waals surface area contributed by atoms with Gasteiger partial charge in [-0.15, -0.1) is 0 Å². The first-order chi connectivity index (χ1) is 12.5. The minimum atomic E-state index is -0.304. The van der Waals surface area contributed by atoms with E-state index in [1.807, 2.05) is 13.8 Å². The van der Waals surface area contributed by atoms with Crippen LogP contribution in [0.1, 0.15) is 31.0 Å². The third kappa shape index (κ3) is 4.00. The molecule has 1 aliphatic heterocycles. The Morgan fingerprint density at radius 2 is 1.50 bits per heavy atom. The van der Waals surface area contributed by atoms with Gasteiger partial charge in [0.15, 0.2) is 5.78 Å². The van der Waals surface area contributed by atoms with E-state index in [4.69, 9.17) is 0 Å². The van der Waals surface area contributed by atoms with E-state index >= 15 is 0 Å². The van der Waals surface area contributed by atoms with Gasteiger partial charge in [-0.2, -0.15) is 0 Å². The second-order valence-corrected chi connectivity index (χ2v) is 7.02. The third-order valence-corrected chi connectivity index (χ3v) is 4.89. The van der Waals surface area contributed by atoms with Crippen LogP contribution in [0.25, 0.3) is 0 Å². The van der Waals surface area contributed by atoms with Gasteiger partial charge in [0, 0.05) is 25.6 Å². The van der Waals surface area contributed by atoms with Crippen molar-refractivity contribution in [2.75, 3.05) is 19.6 Å². The number of benzene rings is 2. The van der Waals surface area contributed by atoms with Crippen molar-refractivity contribution in [2.45, 2.75) is 25.9 Å². The van der Waals surface area contributed by atoms with E-state index in [9.17, 15) is 13.6 Å². The van der Waals surface area contributed by atoms with Crippen LogP contribution in [0.5, 0.6) is 0 Å². The van der Waals surface area contributed by atoms with E-state index in [0.717, 1.165) is 17.7 Å². The van der Waals surface area contributed by atoms with Crippen molar-refractivity contribution in [1.82, 2.24) is 10.2 Å². The summed E-state index contributed by atoms with van der Waals surface area (Å²) in [6.07, 6.45) is 0. The lowest BCUT2D eigenvalue weighted by Gasteiger charge is -2.41. The molecule has 0 aromatic heterocycles. The summed E-state index contributed by atoms with van der Waals surface area (Å²) in [5.41, 5.74) is 1.78. The second-order valence-electron chi connectivity index (χ2n) is 7.02. The number of ketones is 1. The van der Waals surface area contributed by atoms with Crippen molar-refractivity contribution in [2.24, 2.45) is 5.92 Å². The summed E-state index contributed by atoms with van der Waals surface area (Å²) < 4.78 is 26.9. The smallest absolute Gasteiger partial charge is 0.153 e. The van der Waals surface area contributed by atoms with E-state index in [2.05, 4.69) is 10.2 Å². The van der Waals surface area contributed by atoms with Crippen molar-refractivity contribution >= 4 is 5.78 Å². The summed E-state index contributed by atoms with van der Waals surface area (Å²) in [7, 11) is 0. The van der Waals surface area contributed by atoms with Crippen molar-refractivity contribution in [3.8, 4) is 0 Å². The normalized spacial score (nSPS) is 18.5. The molecule has 0 radical (unpaired) electrons. The van der Waals surface area contributed by atoms with Crippen molar-refractivity contribution in [1.29, 1.82) is 0 Å². The third-order valence-electron chi connectivity index (χ3n) is 4.89. The van der Waals surface area contributed by atoms with Crippen molar-refractivity contribution in [3.05, 3.63) is 71.3 Å². The SMILES string of the molecule is CC(C)C(=O)C1CNCCN1C(c1ccc(F)cc1)c1ccc(F)cc1. The zero-order valence-corrected chi connectivity index (χ0v) is 15.1. The number of hydrogen-bond acceptors (Lipinski definition) is 3. The highest BCUT2D eigenvalue weighted by molar-refractivity contribution is 5.86. The van der Waals surface area contributed by atoms with Gasteiger partial charge in [-0.3, -0.25) is 9.69 Å². The Balaban J connectivity index is 2.04. The van der Waals surface area contributed by atoms with Crippen molar-refractivity contribution < 1.29 is 13.6 Å². The molecule has 2 aromatic carbocycles. The Morgan fingerprint density at radius 1 is 1.00 bits per heavy atom. The first-order valence-corrected chi connectivity index (χ1v) is 8.98. The molecule has 1 saturated heterocycles. The quantitative estimate of drug-likeness (QED) is 0.887. The molecule has 0 bridgehead atoms. The summed E-state index contributed by atoms with van der Waals surface area (Å²) in [5.74, 6) is -0.514. The monoisotopic (exact) mass is 358 g/mol. The fourth-order valence-corrected chi connectivity index (χ4v) is 3.54. The topological polar surface area (TPSA) is 32.3 Å². The molecule has 5 heteroatoms. The van der Waals surface area contributed by atoms with Gasteiger partial charge in [0.05, 0.1) is 12.1 Å². The fraction of sp³-hybridized carbons (Fsp3) is 0.381. The molecule has 1 fully saturated rings. The van der Waals surface area contributed by atoms with Gasteiger partial charge in [-0.05, 0) is 35.4 Å². The summed E-state index contributed by atoms with van der Waals surface area (Å²) in [6.45, 7) is 5.83. The maximum Gasteiger partial charge on any atom is 0.153 e. The Kier molecular flexibility index (Phi) is 5.79. The van der Waals surface area contributed by atoms with E-state index in [-0.39, 0.29) is 35.4 Å². The predicted octanol–water partition coefficient (Wildman–Crippen LogP) is 3.55. The summed E-state index contributed by atoms with van der Waals surface area (Å²) in [5, 5.41) is 3.29. The lowest BCUT2D eigenvalue weighted by molar-refractivity contribution is -0.128. The molecule has 3 nitrogen and oxygen atoms in total. The molecular formula is C21H24F2N2O. The van der Waals surface area contributed by atoms with Gasteiger partial charge in [0.25, 0.3) is 0 Å². The predicted molar refractivity (Wildman–Crippen MR) is 97.9 cm³/mol. The first kappa shape index (κ1) is 18.7. The number of carbonyl (C=O) groups excluding carboxylic acids is 1. The van der Waals surface area contributed by atoms with Crippen LogP contribution in [0.3, 0.4) is 0 Å². The molecule has 1 unspecified atom stereocenters. The molecule has 2 aromatic rings. The van der Waals surface area contributed by atoms with E-state index < -0.39 is 0 Å². The number of rotatable bonds is 5. The minimum Gasteiger partial charge on any atom is -0.313 e. The number of halogens is 2. The van der Waals surface area contributed by atoms with Gasteiger partial charge in [0.1, 0.15) is 11.6 Å². The maximum absolute atomic E-state index is 13.4. The zero-order valence-electron chi connectivity index (χ0n) is 15.1. The number of Topliss-reactive ketones (excluding diaryl/α,β-unsaturated/α-hetero) is 1. The average Bonchev–Trinajstić information content (AvgIpc) is 2.65. The van der Waals surface area contributed by atoms with Crippen LogP contribution in [0.2, 0.25) is 0 Å². The molecule has 1 N–H and O–H groups in total. The number of nitrogens with zero attached hydrogens (tertiary/aromatic N) is 1. The highest BCUT2D eigenvalue weighted by atomic mass is 19.1. The zero-order chi connectivity index (χ0) is 18.7. The Bertz CT molecular complexity index is 698. The molecule has 0 aliphatic carbocycles. The van der Waals surface area contributed by atoms with Gasteiger partial charge < -0.3 is 5.32 Å².